The first-order chi connectivity index (χ1) is 13.1. The van der Waals surface area contributed by atoms with Gasteiger partial charge in [0, 0.05) is 15.8 Å². The Bertz CT molecular complexity index is 929. The van der Waals surface area contributed by atoms with Gasteiger partial charge in [0.05, 0.1) is 17.8 Å². The van der Waals surface area contributed by atoms with E-state index in [1.807, 2.05) is 67.2 Å². The van der Waals surface area contributed by atoms with Crippen molar-refractivity contribution in [2.24, 2.45) is 0 Å². The molecular formula is C20H21ClN3OS2+. The van der Waals surface area contributed by atoms with Gasteiger partial charge in [0.25, 0.3) is 5.91 Å². The first-order valence-electron chi connectivity index (χ1n) is 8.50. The van der Waals surface area contributed by atoms with Crippen molar-refractivity contribution in [1.82, 2.24) is 4.98 Å². The summed E-state index contributed by atoms with van der Waals surface area (Å²) in [6.45, 7) is 1.06. The van der Waals surface area contributed by atoms with E-state index in [0.717, 1.165) is 31.7 Å². The summed E-state index contributed by atoms with van der Waals surface area (Å²) in [6.07, 6.45) is 2.00. The monoisotopic (exact) mass is 418 g/mol. The van der Waals surface area contributed by atoms with Gasteiger partial charge in [-0.1, -0.05) is 41.9 Å². The Kier molecular flexibility index (Phi) is 6.90. The number of aromatic nitrogens is 1. The molecule has 7 heteroatoms. The van der Waals surface area contributed by atoms with Crippen molar-refractivity contribution < 1.29 is 9.69 Å². The van der Waals surface area contributed by atoms with Crippen molar-refractivity contribution in [3.8, 4) is 10.6 Å². The minimum atomic E-state index is -0.00411. The van der Waals surface area contributed by atoms with Crippen LogP contribution in [0.2, 0.25) is 5.02 Å². The predicted molar refractivity (Wildman–Crippen MR) is 115 cm³/mol. The number of thiazole rings is 1. The molecule has 1 heterocycles. The molecule has 0 aliphatic carbocycles. The summed E-state index contributed by atoms with van der Waals surface area (Å²) in [6, 6.07) is 15.5. The Labute approximate surface area is 172 Å². The van der Waals surface area contributed by atoms with E-state index in [0.29, 0.717) is 18.1 Å². The molecule has 4 nitrogen and oxygen atoms in total. The molecule has 1 atom stereocenters. The number of nitrogens with zero attached hydrogens (tertiary/aromatic N) is 1. The number of likely N-dealkylation sites (N-methyl/N-ethyl adjacent to an activating group) is 1. The first-order valence-corrected chi connectivity index (χ1v) is 11.0. The fraction of sp³-hybridized carbons (Fsp3) is 0.200. The summed E-state index contributed by atoms with van der Waals surface area (Å²) in [7, 11) is 1.99. The number of carbonyl (C=O) groups excluding carboxylic acids is 1. The van der Waals surface area contributed by atoms with Crippen LogP contribution in [0.4, 0.5) is 5.69 Å². The van der Waals surface area contributed by atoms with Crippen molar-refractivity contribution in [2.45, 2.75) is 11.4 Å². The highest BCUT2D eigenvalue weighted by atomic mass is 35.5. The molecule has 27 heavy (non-hydrogen) atoms. The lowest BCUT2D eigenvalue weighted by Crippen LogP contribution is -3.08. The Morgan fingerprint density at radius 2 is 1.96 bits per heavy atom. The Balaban J connectivity index is 1.59. The van der Waals surface area contributed by atoms with Crippen LogP contribution in [0.3, 0.4) is 0 Å². The van der Waals surface area contributed by atoms with Crippen LogP contribution in [0.25, 0.3) is 10.6 Å². The van der Waals surface area contributed by atoms with Gasteiger partial charge in [-0.15, -0.1) is 23.1 Å². The minimum Gasteiger partial charge on any atom is -0.325 e. The molecule has 1 amide bonds. The molecule has 0 radical (unpaired) electrons. The third-order valence-corrected chi connectivity index (χ3v) is 6.03. The zero-order valence-corrected chi connectivity index (χ0v) is 17.5. The molecule has 140 valence electrons. The Hall–Kier alpha value is -1.86. The van der Waals surface area contributed by atoms with E-state index in [9.17, 15) is 4.79 Å². The van der Waals surface area contributed by atoms with Crippen molar-refractivity contribution in [3.63, 3.8) is 0 Å². The normalized spacial score (nSPS) is 12.0. The van der Waals surface area contributed by atoms with Crippen LogP contribution in [-0.4, -0.2) is 30.7 Å². The van der Waals surface area contributed by atoms with Crippen molar-refractivity contribution in [1.29, 1.82) is 0 Å². The number of benzene rings is 2. The summed E-state index contributed by atoms with van der Waals surface area (Å²) in [4.78, 5) is 19.2. The first kappa shape index (κ1) is 19.9. The molecule has 0 bridgehead atoms. The molecule has 0 aliphatic heterocycles. The average molecular weight is 419 g/mol. The molecule has 0 saturated heterocycles. The zero-order chi connectivity index (χ0) is 19.2. The summed E-state index contributed by atoms with van der Waals surface area (Å²) in [5.74, 6) is -0.00411. The maximum absolute atomic E-state index is 12.4. The number of nitrogens with one attached hydrogen (secondary N) is 2. The van der Waals surface area contributed by atoms with Crippen molar-refractivity contribution in [3.05, 3.63) is 64.6 Å². The standard InChI is InChI=1S/C20H20ClN3OS2/c1-24(12-19(25)23-17-9-5-6-10-18(17)26-2)11-14-13-27-20(22-14)15-7-3-4-8-16(15)21/h3-10,13H,11-12H2,1-2H3,(H,23,25)/p+1. The minimum absolute atomic E-state index is 0.00411. The number of quaternary nitrogens is 1. The molecule has 0 aliphatic rings. The average Bonchev–Trinajstić information content (AvgIpc) is 3.10. The number of halogens is 1. The summed E-state index contributed by atoms with van der Waals surface area (Å²) >= 11 is 9.44. The third kappa shape index (κ3) is 5.32. The fourth-order valence-corrected chi connectivity index (χ4v) is 4.43. The van der Waals surface area contributed by atoms with Crippen LogP contribution in [-0.2, 0) is 11.3 Å². The number of hydrogen-bond acceptors (Lipinski definition) is 4. The summed E-state index contributed by atoms with van der Waals surface area (Å²) in [5.41, 5.74) is 2.77. The lowest BCUT2D eigenvalue weighted by atomic mass is 10.2. The SMILES string of the molecule is CSc1ccccc1NC(=O)C[NH+](C)Cc1csc(-c2ccccc2Cl)n1. The van der Waals surface area contributed by atoms with E-state index in [4.69, 9.17) is 11.6 Å². The van der Waals surface area contributed by atoms with E-state index in [1.165, 1.54) is 0 Å². The Morgan fingerprint density at radius 3 is 2.74 bits per heavy atom. The molecule has 3 rings (SSSR count). The topological polar surface area (TPSA) is 46.4 Å². The number of thioether (sulfide) groups is 1. The second-order valence-corrected chi connectivity index (χ2v) is 8.30. The highest BCUT2D eigenvalue weighted by Crippen LogP contribution is 2.29. The maximum atomic E-state index is 12.4. The predicted octanol–water partition coefficient (Wildman–Crippen LogP) is 3.84. The largest absolute Gasteiger partial charge is 0.325 e. The van der Waals surface area contributed by atoms with Gasteiger partial charge in [-0.3, -0.25) is 4.79 Å². The van der Waals surface area contributed by atoms with E-state index in [-0.39, 0.29) is 5.91 Å². The smallest absolute Gasteiger partial charge is 0.279 e. The fourth-order valence-electron chi connectivity index (χ4n) is 2.73. The number of para-hydroxylation sites is 1. The van der Waals surface area contributed by atoms with Gasteiger partial charge in [-0.2, -0.15) is 0 Å². The van der Waals surface area contributed by atoms with Crippen molar-refractivity contribution >= 4 is 46.3 Å². The van der Waals surface area contributed by atoms with Crippen LogP contribution in [0.5, 0.6) is 0 Å². The molecule has 0 saturated carbocycles. The molecular weight excluding hydrogens is 398 g/mol. The second kappa shape index (κ2) is 9.37. The molecule has 3 aromatic rings. The number of rotatable bonds is 7. The molecule has 2 N–H and O–H groups in total. The zero-order valence-electron chi connectivity index (χ0n) is 15.2. The van der Waals surface area contributed by atoms with Crippen LogP contribution in [0, 0.1) is 0 Å². The molecule has 1 aromatic heterocycles. The third-order valence-electron chi connectivity index (χ3n) is 3.98. The van der Waals surface area contributed by atoms with Gasteiger partial charge in [0.2, 0.25) is 0 Å². The highest BCUT2D eigenvalue weighted by Gasteiger charge is 2.15. The van der Waals surface area contributed by atoms with E-state index >= 15 is 0 Å². The summed E-state index contributed by atoms with van der Waals surface area (Å²) in [5, 5.41) is 6.64. The second-order valence-electron chi connectivity index (χ2n) is 6.18. The Morgan fingerprint density at radius 1 is 1.22 bits per heavy atom. The van der Waals surface area contributed by atoms with E-state index in [2.05, 4.69) is 10.3 Å². The van der Waals surface area contributed by atoms with Gasteiger partial charge < -0.3 is 10.2 Å². The lowest BCUT2D eigenvalue weighted by Gasteiger charge is -2.14. The molecule has 0 spiro atoms. The van der Waals surface area contributed by atoms with Crippen LogP contribution >= 0.6 is 34.7 Å². The summed E-state index contributed by atoms with van der Waals surface area (Å²) < 4.78 is 0. The molecule has 0 fully saturated rings. The number of amides is 1. The maximum Gasteiger partial charge on any atom is 0.279 e. The molecule has 2 aromatic carbocycles. The van der Waals surface area contributed by atoms with E-state index in [1.54, 1.807) is 23.1 Å². The quantitative estimate of drug-likeness (QED) is 0.573. The van der Waals surface area contributed by atoms with Gasteiger partial charge in [0.1, 0.15) is 17.2 Å². The van der Waals surface area contributed by atoms with Gasteiger partial charge in [0.15, 0.2) is 6.54 Å². The molecule has 1 unspecified atom stereocenters. The number of carbonyl (C=O) groups is 1. The number of anilines is 1. The highest BCUT2D eigenvalue weighted by molar-refractivity contribution is 7.98. The van der Waals surface area contributed by atoms with Gasteiger partial charge >= 0.3 is 0 Å². The van der Waals surface area contributed by atoms with Crippen LogP contribution in [0.15, 0.2) is 58.8 Å². The van der Waals surface area contributed by atoms with Gasteiger partial charge in [-0.05, 0) is 24.5 Å². The number of hydrogen-bond donors (Lipinski definition) is 2. The van der Waals surface area contributed by atoms with Crippen LogP contribution < -0.4 is 10.2 Å². The van der Waals surface area contributed by atoms with E-state index < -0.39 is 0 Å². The van der Waals surface area contributed by atoms with Gasteiger partial charge in [-0.25, -0.2) is 4.98 Å². The van der Waals surface area contributed by atoms with Crippen LogP contribution in [0.1, 0.15) is 5.69 Å². The van der Waals surface area contributed by atoms with Crippen molar-refractivity contribution in [2.75, 3.05) is 25.2 Å². The lowest BCUT2D eigenvalue weighted by molar-refractivity contribution is -0.885.